The first kappa shape index (κ1) is 29.0. The molecule has 0 spiro atoms. The topological polar surface area (TPSA) is 107 Å². The number of benzene rings is 3. The summed E-state index contributed by atoms with van der Waals surface area (Å²) in [7, 11) is -1.89. The summed E-state index contributed by atoms with van der Waals surface area (Å²) < 4.78 is 82.6. The molecule has 0 saturated heterocycles. The lowest BCUT2D eigenvalue weighted by Gasteiger charge is -2.25. The number of hydrogen-bond donors (Lipinski definition) is 2. The van der Waals surface area contributed by atoms with Gasteiger partial charge in [0.1, 0.15) is 40.0 Å². The Bertz CT molecular complexity index is 1640. The van der Waals surface area contributed by atoms with Crippen LogP contribution in [0.25, 0.3) is 0 Å². The Labute approximate surface area is 234 Å². The lowest BCUT2D eigenvalue weighted by atomic mass is 10.1. The monoisotopic (exact) mass is 592 g/mol. The van der Waals surface area contributed by atoms with E-state index in [1.54, 1.807) is 18.2 Å². The van der Waals surface area contributed by atoms with Gasteiger partial charge >= 0.3 is 0 Å². The molecule has 0 fully saturated rings. The van der Waals surface area contributed by atoms with Crippen LogP contribution in [-0.4, -0.2) is 27.6 Å². The summed E-state index contributed by atoms with van der Waals surface area (Å²) in [4.78, 5) is 2.89. The molecule has 210 valence electrons. The van der Waals surface area contributed by atoms with Gasteiger partial charge in [0.05, 0.1) is 31.5 Å². The zero-order valence-electron chi connectivity index (χ0n) is 21.2. The molecule has 0 aliphatic carbocycles. The fourth-order valence-corrected chi connectivity index (χ4v) is 5.64. The SMILES string of the molecule is COc1ccc(CN(c2cccc(F)n2)S(=O)(=O)c2cc(Cl)c(N[C@@H](N)c3ccccc3F)cc2F)c(OC)c1. The van der Waals surface area contributed by atoms with Gasteiger partial charge in [0.15, 0.2) is 0 Å². The second kappa shape index (κ2) is 12.0. The third-order valence-electron chi connectivity index (χ3n) is 5.91. The molecule has 3 N–H and O–H groups in total. The Balaban J connectivity index is 1.75. The number of nitrogens with zero attached hydrogens (tertiary/aromatic N) is 2. The fourth-order valence-electron chi connectivity index (χ4n) is 3.89. The summed E-state index contributed by atoms with van der Waals surface area (Å²) in [6.07, 6.45) is -1.11. The lowest BCUT2D eigenvalue weighted by Crippen LogP contribution is -2.32. The van der Waals surface area contributed by atoms with Crippen LogP contribution in [0.4, 0.5) is 24.7 Å². The van der Waals surface area contributed by atoms with Crippen molar-refractivity contribution in [2.75, 3.05) is 23.8 Å². The van der Waals surface area contributed by atoms with Crippen molar-refractivity contribution in [1.29, 1.82) is 0 Å². The van der Waals surface area contributed by atoms with Gasteiger partial charge in [-0.05, 0) is 42.5 Å². The van der Waals surface area contributed by atoms with Crippen LogP contribution in [0.3, 0.4) is 0 Å². The number of methoxy groups -OCH3 is 2. The van der Waals surface area contributed by atoms with Crippen LogP contribution in [0.1, 0.15) is 17.3 Å². The molecule has 0 unspecified atom stereocenters. The molecule has 8 nitrogen and oxygen atoms in total. The summed E-state index contributed by atoms with van der Waals surface area (Å²) in [6, 6.07) is 15.7. The Hall–Kier alpha value is -4.00. The van der Waals surface area contributed by atoms with Crippen molar-refractivity contribution < 1.29 is 31.1 Å². The van der Waals surface area contributed by atoms with Crippen LogP contribution in [0, 0.1) is 17.6 Å². The highest BCUT2D eigenvalue weighted by Crippen LogP contribution is 2.35. The third kappa shape index (κ3) is 6.09. The molecule has 0 aliphatic heterocycles. The number of pyridine rings is 1. The number of hydrogen-bond acceptors (Lipinski definition) is 7. The van der Waals surface area contributed by atoms with E-state index in [4.69, 9.17) is 26.8 Å². The molecular weight excluding hydrogens is 569 g/mol. The molecule has 0 bridgehead atoms. The standard InChI is InChI=1S/C27H24ClF3N4O4S/c1-38-17-11-10-16(23(12-17)39-2)15-35(26-9-5-8-25(31)34-26)40(36,37)24-13-19(28)22(14-21(24)30)33-27(32)18-6-3-4-7-20(18)29/h3-14,27,33H,15,32H2,1-2H3/t27-/m1/s1. The van der Waals surface area contributed by atoms with Gasteiger partial charge in [-0.2, -0.15) is 4.39 Å². The number of nitrogens with two attached hydrogens (primary N) is 1. The summed E-state index contributed by atoms with van der Waals surface area (Å²) in [5, 5.41) is 2.48. The zero-order chi connectivity index (χ0) is 29.0. The van der Waals surface area contributed by atoms with E-state index in [2.05, 4.69) is 10.3 Å². The highest BCUT2D eigenvalue weighted by Gasteiger charge is 2.31. The second-order valence-corrected chi connectivity index (χ2v) is 10.7. The van der Waals surface area contributed by atoms with Gasteiger partial charge in [-0.3, -0.25) is 0 Å². The van der Waals surface area contributed by atoms with Gasteiger partial charge < -0.3 is 20.5 Å². The van der Waals surface area contributed by atoms with E-state index in [1.807, 2.05) is 0 Å². The van der Waals surface area contributed by atoms with E-state index in [0.29, 0.717) is 11.3 Å². The number of rotatable bonds is 10. The van der Waals surface area contributed by atoms with Crippen molar-refractivity contribution in [2.24, 2.45) is 5.73 Å². The van der Waals surface area contributed by atoms with Crippen molar-refractivity contribution in [3.8, 4) is 11.5 Å². The minimum absolute atomic E-state index is 0.0684. The number of halogens is 4. The van der Waals surface area contributed by atoms with Crippen molar-refractivity contribution in [1.82, 2.24) is 4.98 Å². The van der Waals surface area contributed by atoms with Gasteiger partial charge in [-0.15, -0.1) is 0 Å². The molecule has 1 aromatic heterocycles. The molecular formula is C27H24ClF3N4O4S. The first-order valence-corrected chi connectivity index (χ1v) is 13.5. The predicted molar refractivity (Wildman–Crippen MR) is 145 cm³/mol. The van der Waals surface area contributed by atoms with Crippen molar-refractivity contribution in [3.05, 3.63) is 107 Å². The second-order valence-electron chi connectivity index (χ2n) is 8.41. The molecule has 40 heavy (non-hydrogen) atoms. The Kier molecular flexibility index (Phi) is 8.72. The highest BCUT2D eigenvalue weighted by atomic mass is 35.5. The van der Waals surface area contributed by atoms with Gasteiger partial charge in [0.25, 0.3) is 10.0 Å². The maximum absolute atomic E-state index is 15.4. The van der Waals surface area contributed by atoms with Crippen LogP contribution < -0.4 is 24.8 Å². The Morgan fingerprint density at radius 1 is 0.975 bits per heavy atom. The minimum Gasteiger partial charge on any atom is -0.497 e. The summed E-state index contributed by atoms with van der Waals surface area (Å²) >= 11 is 6.32. The maximum Gasteiger partial charge on any atom is 0.268 e. The largest absolute Gasteiger partial charge is 0.497 e. The predicted octanol–water partition coefficient (Wildman–Crippen LogP) is 5.63. The van der Waals surface area contributed by atoms with E-state index in [0.717, 1.165) is 22.5 Å². The molecule has 1 heterocycles. The molecule has 0 saturated carbocycles. The molecule has 4 aromatic rings. The van der Waals surface area contributed by atoms with Gasteiger partial charge in [-0.25, -0.2) is 26.5 Å². The number of sulfonamides is 1. The summed E-state index contributed by atoms with van der Waals surface area (Å²) in [6.45, 7) is -0.402. The highest BCUT2D eigenvalue weighted by molar-refractivity contribution is 7.92. The zero-order valence-corrected chi connectivity index (χ0v) is 22.8. The maximum atomic E-state index is 15.4. The lowest BCUT2D eigenvalue weighted by molar-refractivity contribution is 0.391. The van der Waals surface area contributed by atoms with Gasteiger partial charge in [0.2, 0.25) is 5.95 Å². The third-order valence-corrected chi connectivity index (χ3v) is 7.98. The van der Waals surface area contributed by atoms with Crippen LogP contribution >= 0.6 is 11.6 Å². The van der Waals surface area contributed by atoms with Crippen molar-refractivity contribution in [2.45, 2.75) is 17.6 Å². The minimum atomic E-state index is -4.73. The fraction of sp³-hybridized carbons (Fsp3) is 0.148. The van der Waals surface area contributed by atoms with E-state index in [1.165, 1.54) is 50.6 Å². The van der Waals surface area contributed by atoms with Crippen LogP contribution in [0.15, 0.2) is 77.7 Å². The van der Waals surface area contributed by atoms with Gasteiger partial charge in [0, 0.05) is 17.2 Å². The Morgan fingerprint density at radius 3 is 2.40 bits per heavy atom. The van der Waals surface area contributed by atoms with Crippen molar-refractivity contribution >= 4 is 33.1 Å². The van der Waals surface area contributed by atoms with Gasteiger partial charge in [-0.1, -0.05) is 35.9 Å². The first-order valence-electron chi connectivity index (χ1n) is 11.7. The normalized spacial score (nSPS) is 12.1. The first-order chi connectivity index (χ1) is 19.0. The number of aromatic nitrogens is 1. The molecule has 3 aromatic carbocycles. The molecule has 0 radical (unpaired) electrons. The average Bonchev–Trinajstić information content (AvgIpc) is 2.93. The quantitative estimate of drug-likeness (QED) is 0.181. The summed E-state index contributed by atoms with van der Waals surface area (Å²) in [5.74, 6) is -2.30. The van der Waals surface area contributed by atoms with Crippen LogP contribution in [0.2, 0.25) is 5.02 Å². The molecule has 13 heteroatoms. The summed E-state index contributed by atoms with van der Waals surface area (Å²) in [5.41, 5.74) is 6.40. The number of nitrogens with one attached hydrogen (secondary N) is 1. The Morgan fingerprint density at radius 2 is 1.73 bits per heavy atom. The molecule has 1 atom stereocenters. The number of ether oxygens (including phenoxy) is 2. The van der Waals surface area contributed by atoms with E-state index in [9.17, 15) is 17.2 Å². The molecule has 0 amide bonds. The average molecular weight is 593 g/mol. The van der Waals surface area contributed by atoms with Crippen LogP contribution in [0.5, 0.6) is 11.5 Å². The van der Waals surface area contributed by atoms with E-state index in [-0.39, 0.29) is 27.8 Å². The van der Waals surface area contributed by atoms with E-state index < -0.39 is 45.2 Å². The van der Waals surface area contributed by atoms with Crippen LogP contribution in [-0.2, 0) is 16.6 Å². The number of anilines is 2. The van der Waals surface area contributed by atoms with E-state index >= 15 is 4.39 Å². The smallest absolute Gasteiger partial charge is 0.268 e. The molecule has 4 rings (SSSR count). The van der Waals surface area contributed by atoms with Crippen molar-refractivity contribution in [3.63, 3.8) is 0 Å². The molecule has 0 aliphatic rings.